The summed E-state index contributed by atoms with van der Waals surface area (Å²) < 4.78 is 5.18. The minimum Gasteiger partial charge on any atom is -0.497 e. The first kappa shape index (κ1) is 16.7. The van der Waals surface area contributed by atoms with Crippen molar-refractivity contribution in [3.05, 3.63) is 59.7 Å². The Morgan fingerprint density at radius 3 is 2.60 bits per heavy atom. The minimum atomic E-state index is -0.162. The largest absolute Gasteiger partial charge is 0.497 e. The summed E-state index contributed by atoms with van der Waals surface area (Å²) in [6, 6.07) is 15.2. The molecule has 0 aliphatic carbocycles. The molecule has 0 fully saturated rings. The number of benzene rings is 2. The summed E-state index contributed by atoms with van der Waals surface area (Å²) >= 11 is 0. The molecule has 0 radical (unpaired) electrons. The van der Waals surface area contributed by atoms with Gasteiger partial charge in [0.1, 0.15) is 5.75 Å². The molecule has 25 heavy (non-hydrogen) atoms. The summed E-state index contributed by atoms with van der Waals surface area (Å²) in [6.07, 6.45) is 0. The number of aliphatic hydroxyl groups is 1. The van der Waals surface area contributed by atoms with Gasteiger partial charge in [-0.3, -0.25) is 0 Å². The standard InChI is InChI=1S/C18H19N5O2/c1-25-14-7-8-15(13(9-14)11-24)16-21-17(19)23-18(22-16)20-10-12-5-3-2-4-6-12/h2-9,24H,10-11H2,1H3,(H3,19,20,21,22,23). The lowest BCUT2D eigenvalue weighted by atomic mass is 10.1. The van der Waals surface area contributed by atoms with E-state index in [0.29, 0.717) is 35.2 Å². The molecule has 7 heteroatoms. The van der Waals surface area contributed by atoms with Gasteiger partial charge in [0, 0.05) is 12.1 Å². The van der Waals surface area contributed by atoms with Gasteiger partial charge in [-0.05, 0) is 29.3 Å². The Labute approximate surface area is 145 Å². The molecule has 0 atom stereocenters. The number of rotatable bonds is 6. The van der Waals surface area contributed by atoms with Crippen LogP contribution in [-0.4, -0.2) is 27.2 Å². The summed E-state index contributed by atoms with van der Waals surface area (Å²) in [5.74, 6) is 1.54. The lowest BCUT2D eigenvalue weighted by molar-refractivity contribution is 0.281. The van der Waals surface area contributed by atoms with Crippen LogP contribution >= 0.6 is 0 Å². The fourth-order valence-electron chi connectivity index (χ4n) is 2.41. The van der Waals surface area contributed by atoms with Crippen LogP contribution in [0.25, 0.3) is 11.4 Å². The summed E-state index contributed by atoms with van der Waals surface area (Å²) in [6.45, 7) is 0.407. The van der Waals surface area contributed by atoms with E-state index in [1.165, 1.54) is 0 Å². The molecule has 0 aliphatic rings. The van der Waals surface area contributed by atoms with Crippen LogP contribution in [0.5, 0.6) is 5.75 Å². The Morgan fingerprint density at radius 2 is 1.88 bits per heavy atom. The maximum atomic E-state index is 9.62. The van der Waals surface area contributed by atoms with E-state index in [1.54, 1.807) is 25.3 Å². The molecule has 0 aliphatic heterocycles. The average molecular weight is 337 g/mol. The number of methoxy groups -OCH3 is 1. The molecule has 1 heterocycles. The Balaban J connectivity index is 1.89. The third kappa shape index (κ3) is 4.02. The monoisotopic (exact) mass is 337 g/mol. The van der Waals surface area contributed by atoms with Crippen molar-refractivity contribution in [3.63, 3.8) is 0 Å². The first-order chi connectivity index (χ1) is 12.2. The number of hydrogen-bond donors (Lipinski definition) is 3. The normalized spacial score (nSPS) is 10.5. The van der Waals surface area contributed by atoms with Gasteiger partial charge in [0.15, 0.2) is 5.82 Å². The van der Waals surface area contributed by atoms with Crippen LogP contribution in [0.1, 0.15) is 11.1 Å². The molecule has 0 amide bonds. The number of ether oxygens (including phenoxy) is 1. The number of anilines is 2. The van der Waals surface area contributed by atoms with E-state index in [0.717, 1.165) is 5.56 Å². The van der Waals surface area contributed by atoms with Gasteiger partial charge in [-0.15, -0.1) is 0 Å². The number of aromatic nitrogens is 3. The van der Waals surface area contributed by atoms with Gasteiger partial charge in [-0.25, -0.2) is 0 Å². The second-order valence-electron chi connectivity index (χ2n) is 5.36. The molecule has 0 saturated heterocycles. The highest BCUT2D eigenvalue weighted by Crippen LogP contribution is 2.26. The molecule has 1 aromatic heterocycles. The maximum absolute atomic E-state index is 9.62. The summed E-state index contributed by atoms with van der Waals surface area (Å²) in [4.78, 5) is 12.7. The third-order valence-electron chi connectivity index (χ3n) is 3.67. The van der Waals surface area contributed by atoms with Crippen LogP contribution in [0, 0.1) is 0 Å². The van der Waals surface area contributed by atoms with E-state index in [2.05, 4.69) is 20.3 Å². The lowest BCUT2D eigenvalue weighted by Gasteiger charge is -2.11. The van der Waals surface area contributed by atoms with Crippen molar-refractivity contribution in [1.29, 1.82) is 0 Å². The van der Waals surface area contributed by atoms with E-state index in [-0.39, 0.29) is 12.6 Å². The third-order valence-corrected chi connectivity index (χ3v) is 3.67. The second kappa shape index (κ2) is 7.59. The number of nitrogens with one attached hydrogen (secondary N) is 1. The van der Waals surface area contributed by atoms with Gasteiger partial charge in [-0.1, -0.05) is 30.3 Å². The zero-order valence-electron chi connectivity index (χ0n) is 13.8. The van der Waals surface area contributed by atoms with Crippen molar-refractivity contribution < 1.29 is 9.84 Å². The van der Waals surface area contributed by atoms with E-state index in [9.17, 15) is 5.11 Å². The number of hydrogen-bond acceptors (Lipinski definition) is 7. The highest BCUT2D eigenvalue weighted by Gasteiger charge is 2.12. The van der Waals surface area contributed by atoms with Crippen LogP contribution in [0.15, 0.2) is 48.5 Å². The average Bonchev–Trinajstić information content (AvgIpc) is 2.66. The highest BCUT2D eigenvalue weighted by molar-refractivity contribution is 5.63. The molecular formula is C18H19N5O2. The Hall–Kier alpha value is -3.19. The minimum absolute atomic E-state index is 0.111. The SMILES string of the molecule is COc1ccc(-c2nc(N)nc(NCc3ccccc3)n2)c(CO)c1. The number of nitrogens with two attached hydrogens (primary N) is 1. The van der Waals surface area contributed by atoms with Crippen LogP contribution in [0.2, 0.25) is 0 Å². The summed E-state index contributed by atoms with van der Waals surface area (Å²) in [5, 5.41) is 12.8. The molecular weight excluding hydrogens is 318 g/mol. The molecule has 2 aromatic carbocycles. The first-order valence-corrected chi connectivity index (χ1v) is 7.77. The smallest absolute Gasteiger partial charge is 0.228 e. The predicted molar refractivity (Wildman–Crippen MR) is 95.9 cm³/mol. The van der Waals surface area contributed by atoms with Gasteiger partial charge in [0.2, 0.25) is 11.9 Å². The number of nitrogen functional groups attached to an aromatic ring is 1. The number of aliphatic hydroxyl groups excluding tert-OH is 1. The number of nitrogens with zero attached hydrogens (tertiary/aromatic N) is 3. The molecule has 0 unspecified atom stereocenters. The van der Waals surface area contributed by atoms with E-state index >= 15 is 0 Å². The van der Waals surface area contributed by atoms with E-state index in [1.807, 2.05) is 30.3 Å². The van der Waals surface area contributed by atoms with Crippen molar-refractivity contribution in [1.82, 2.24) is 15.0 Å². The molecule has 7 nitrogen and oxygen atoms in total. The Kier molecular flexibility index (Phi) is 5.06. The molecule has 4 N–H and O–H groups in total. The Bertz CT molecular complexity index is 855. The molecule has 3 rings (SSSR count). The fourth-order valence-corrected chi connectivity index (χ4v) is 2.41. The van der Waals surface area contributed by atoms with Gasteiger partial charge in [-0.2, -0.15) is 15.0 Å². The lowest BCUT2D eigenvalue weighted by Crippen LogP contribution is -2.08. The first-order valence-electron chi connectivity index (χ1n) is 7.77. The molecule has 128 valence electrons. The van der Waals surface area contributed by atoms with Crippen LogP contribution in [0.4, 0.5) is 11.9 Å². The van der Waals surface area contributed by atoms with Crippen LogP contribution < -0.4 is 15.8 Å². The fraction of sp³-hybridized carbons (Fsp3) is 0.167. The summed E-state index contributed by atoms with van der Waals surface area (Å²) in [5.41, 5.74) is 8.26. The van der Waals surface area contributed by atoms with Crippen molar-refractivity contribution in [3.8, 4) is 17.1 Å². The van der Waals surface area contributed by atoms with Crippen LogP contribution in [-0.2, 0) is 13.2 Å². The van der Waals surface area contributed by atoms with Gasteiger partial charge in [0.25, 0.3) is 0 Å². The topological polar surface area (TPSA) is 106 Å². The van der Waals surface area contributed by atoms with Crippen LogP contribution in [0.3, 0.4) is 0 Å². The van der Waals surface area contributed by atoms with E-state index in [4.69, 9.17) is 10.5 Å². The van der Waals surface area contributed by atoms with Gasteiger partial charge < -0.3 is 20.9 Å². The molecule has 3 aromatic rings. The van der Waals surface area contributed by atoms with Gasteiger partial charge >= 0.3 is 0 Å². The van der Waals surface area contributed by atoms with Crippen molar-refractivity contribution in [2.75, 3.05) is 18.2 Å². The van der Waals surface area contributed by atoms with Gasteiger partial charge in [0.05, 0.1) is 13.7 Å². The Morgan fingerprint density at radius 1 is 1.08 bits per heavy atom. The predicted octanol–water partition coefficient (Wildman–Crippen LogP) is 2.23. The van der Waals surface area contributed by atoms with Crippen molar-refractivity contribution >= 4 is 11.9 Å². The molecule has 0 spiro atoms. The van der Waals surface area contributed by atoms with Crippen molar-refractivity contribution in [2.45, 2.75) is 13.2 Å². The van der Waals surface area contributed by atoms with Crippen molar-refractivity contribution in [2.24, 2.45) is 0 Å². The maximum Gasteiger partial charge on any atom is 0.228 e. The summed E-state index contributed by atoms with van der Waals surface area (Å²) in [7, 11) is 1.57. The van der Waals surface area contributed by atoms with E-state index < -0.39 is 0 Å². The second-order valence-corrected chi connectivity index (χ2v) is 5.36. The zero-order valence-corrected chi connectivity index (χ0v) is 13.8. The highest BCUT2D eigenvalue weighted by atomic mass is 16.5. The quantitative estimate of drug-likeness (QED) is 0.633. The zero-order chi connectivity index (χ0) is 17.6. The molecule has 0 saturated carbocycles. The molecule has 0 bridgehead atoms.